The van der Waals surface area contributed by atoms with Gasteiger partial charge in [-0.1, -0.05) is 12.1 Å². The molecule has 1 saturated heterocycles. The third kappa shape index (κ3) is 4.02. The van der Waals surface area contributed by atoms with Crippen LogP contribution in [0.1, 0.15) is 18.4 Å². The largest absolute Gasteiger partial charge is 0.491 e. The van der Waals surface area contributed by atoms with Crippen molar-refractivity contribution in [1.29, 1.82) is 0 Å². The smallest absolute Gasteiger partial charge is 0.119 e. The summed E-state index contributed by atoms with van der Waals surface area (Å²) in [4.78, 5) is 2.30. The predicted octanol–water partition coefficient (Wildman–Crippen LogP) is 1.83. The molecule has 0 spiro atoms. The van der Waals surface area contributed by atoms with E-state index in [0.717, 1.165) is 25.4 Å². The Hall–Kier alpha value is -1.06. The van der Waals surface area contributed by atoms with Crippen LogP contribution in [0.15, 0.2) is 24.3 Å². The third-order valence-electron chi connectivity index (χ3n) is 3.10. The molecular formula is C14H21NO2. The number of hydrogen-bond donors (Lipinski definition) is 1. The van der Waals surface area contributed by atoms with Crippen molar-refractivity contribution in [2.24, 2.45) is 0 Å². The Morgan fingerprint density at radius 1 is 1.35 bits per heavy atom. The van der Waals surface area contributed by atoms with Crippen LogP contribution in [-0.2, 0) is 0 Å². The predicted molar refractivity (Wildman–Crippen MR) is 68.4 cm³/mol. The number of hydrogen-bond acceptors (Lipinski definition) is 3. The molecule has 1 aliphatic rings. The zero-order valence-electron chi connectivity index (χ0n) is 10.4. The number of rotatable bonds is 5. The lowest BCUT2D eigenvalue weighted by atomic mass is 10.2. The zero-order chi connectivity index (χ0) is 12.1. The van der Waals surface area contributed by atoms with E-state index >= 15 is 0 Å². The summed E-state index contributed by atoms with van der Waals surface area (Å²) in [7, 11) is 0. The number of benzene rings is 1. The summed E-state index contributed by atoms with van der Waals surface area (Å²) in [6.07, 6.45) is 2.12. The number of aryl methyl sites for hydroxylation is 1. The third-order valence-corrected chi connectivity index (χ3v) is 3.10. The van der Waals surface area contributed by atoms with Crippen molar-refractivity contribution in [1.82, 2.24) is 4.90 Å². The van der Waals surface area contributed by atoms with Gasteiger partial charge in [0.15, 0.2) is 0 Å². The first-order chi connectivity index (χ1) is 8.24. The molecule has 2 rings (SSSR count). The van der Waals surface area contributed by atoms with E-state index in [1.54, 1.807) is 0 Å². The van der Waals surface area contributed by atoms with E-state index in [2.05, 4.69) is 4.90 Å². The monoisotopic (exact) mass is 235 g/mol. The molecule has 17 heavy (non-hydrogen) atoms. The minimum atomic E-state index is -0.395. The Kier molecular flexibility index (Phi) is 4.40. The van der Waals surface area contributed by atoms with E-state index in [9.17, 15) is 5.11 Å². The lowest BCUT2D eigenvalue weighted by Crippen LogP contribution is -2.33. The van der Waals surface area contributed by atoms with Gasteiger partial charge in [0.25, 0.3) is 0 Å². The fraction of sp³-hybridized carbons (Fsp3) is 0.571. The van der Waals surface area contributed by atoms with E-state index in [-0.39, 0.29) is 0 Å². The van der Waals surface area contributed by atoms with Crippen molar-refractivity contribution in [2.75, 3.05) is 26.2 Å². The van der Waals surface area contributed by atoms with Gasteiger partial charge in [-0.25, -0.2) is 0 Å². The molecule has 0 aromatic heterocycles. The molecule has 1 atom stereocenters. The van der Waals surface area contributed by atoms with Crippen LogP contribution >= 0.6 is 0 Å². The molecule has 0 bridgehead atoms. The lowest BCUT2D eigenvalue weighted by molar-refractivity contribution is 0.0758. The topological polar surface area (TPSA) is 32.7 Å². The number of β-amino-alcohol motifs (C(OH)–C–C–N with tert-alkyl or cyclic N) is 1. The lowest BCUT2D eigenvalue weighted by Gasteiger charge is -2.19. The van der Waals surface area contributed by atoms with Crippen molar-refractivity contribution < 1.29 is 9.84 Å². The van der Waals surface area contributed by atoms with Crippen LogP contribution in [0.2, 0.25) is 0 Å². The first-order valence-corrected chi connectivity index (χ1v) is 6.34. The molecule has 1 N–H and O–H groups in total. The normalized spacial score (nSPS) is 18.2. The first-order valence-electron chi connectivity index (χ1n) is 6.34. The maximum absolute atomic E-state index is 9.87. The second kappa shape index (κ2) is 6.03. The molecule has 1 aliphatic heterocycles. The molecule has 94 valence electrons. The second-order valence-corrected chi connectivity index (χ2v) is 4.79. The minimum Gasteiger partial charge on any atom is -0.491 e. The summed E-state index contributed by atoms with van der Waals surface area (Å²) >= 11 is 0. The summed E-state index contributed by atoms with van der Waals surface area (Å²) in [5, 5.41) is 9.87. The highest BCUT2D eigenvalue weighted by Gasteiger charge is 2.15. The molecule has 0 saturated carbocycles. The minimum absolute atomic E-state index is 0.375. The standard InChI is InChI=1S/C14H21NO2/c1-12-5-4-6-14(9-12)17-11-13(16)10-15-7-2-3-8-15/h4-6,9,13,16H,2-3,7-8,10-11H2,1H3/t13-/m1/s1. The molecule has 3 heteroatoms. The van der Waals surface area contributed by atoms with Crippen molar-refractivity contribution in [3.63, 3.8) is 0 Å². The SMILES string of the molecule is Cc1cccc(OC[C@H](O)CN2CCCC2)c1. The highest BCUT2D eigenvalue weighted by atomic mass is 16.5. The van der Waals surface area contributed by atoms with Crippen LogP contribution in [-0.4, -0.2) is 42.4 Å². The summed E-state index contributed by atoms with van der Waals surface area (Å²) in [5.41, 5.74) is 1.18. The average Bonchev–Trinajstić information content (AvgIpc) is 2.79. The van der Waals surface area contributed by atoms with Crippen LogP contribution in [0.25, 0.3) is 0 Å². The van der Waals surface area contributed by atoms with E-state index in [1.165, 1.54) is 18.4 Å². The van der Waals surface area contributed by atoms with E-state index in [0.29, 0.717) is 6.61 Å². The van der Waals surface area contributed by atoms with Crippen molar-refractivity contribution >= 4 is 0 Å². The van der Waals surface area contributed by atoms with Gasteiger partial charge in [-0.15, -0.1) is 0 Å². The average molecular weight is 235 g/mol. The maximum Gasteiger partial charge on any atom is 0.119 e. The van der Waals surface area contributed by atoms with Crippen molar-refractivity contribution in [2.45, 2.75) is 25.9 Å². The maximum atomic E-state index is 9.87. The molecule has 0 unspecified atom stereocenters. The number of aliphatic hydroxyl groups excluding tert-OH is 1. The van der Waals surface area contributed by atoms with Crippen molar-refractivity contribution in [3.05, 3.63) is 29.8 Å². The van der Waals surface area contributed by atoms with Gasteiger partial charge in [0.05, 0.1) is 0 Å². The molecule has 3 nitrogen and oxygen atoms in total. The number of likely N-dealkylation sites (tertiary alicyclic amines) is 1. The van der Waals surface area contributed by atoms with E-state index in [4.69, 9.17) is 4.74 Å². The number of nitrogens with zero attached hydrogens (tertiary/aromatic N) is 1. The van der Waals surface area contributed by atoms with Gasteiger partial charge in [-0.2, -0.15) is 0 Å². The first kappa shape index (κ1) is 12.4. The van der Waals surface area contributed by atoms with E-state index in [1.807, 2.05) is 31.2 Å². The highest BCUT2D eigenvalue weighted by Crippen LogP contribution is 2.13. The molecule has 0 radical (unpaired) electrons. The summed E-state index contributed by atoms with van der Waals surface area (Å²) in [6, 6.07) is 7.92. The molecule has 1 fully saturated rings. The van der Waals surface area contributed by atoms with Crippen LogP contribution in [0.3, 0.4) is 0 Å². The van der Waals surface area contributed by atoms with Gasteiger partial charge in [-0.3, -0.25) is 0 Å². The van der Waals surface area contributed by atoms with E-state index < -0.39 is 6.10 Å². The fourth-order valence-corrected chi connectivity index (χ4v) is 2.21. The Morgan fingerprint density at radius 3 is 2.82 bits per heavy atom. The van der Waals surface area contributed by atoms with Gasteiger partial charge >= 0.3 is 0 Å². The molecule has 1 aromatic carbocycles. The highest BCUT2D eigenvalue weighted by molar-refractivity contribution is 5.27. The Labute approximate surface area is 103 Å². The number of ether oxygens (including phenoxy) is 1. The quantitative estimate of drug-likeness (QED) is 0.845. The fourth-order valence-electron chi connectivity index (χ4n) is 2.21. The molecule has 1 aromatic rings. The Morgan fingerprint density at radius 2 is 2.12 bits per heavy atom. The van der Waals surface area contributed by atoms with Crippen LogP contribution < -0.4 is 4.74 Å². The van der Waals surface area contributed by atoms with Crippen molar-refractivity contribution in [3.8, 4) is 5.75 Å². The zero-order valence-corrected chi connectivity index (χ0v) is 10.4. The summed E-state index contributed by atoms with van der Waals surface area (Å²) in [5.74, 6) is 0.838. The van der Waals surface area contributed by atoms with Gasteiger partial charge in [0.1, 0.15) is 18.5 Å². The van der Waals surface area contributed by atoms with Crippen LogP contribution in [0.4, 0.5) is 0 Å². The molecule has 0 amide bonds. The number of aliphatic hydroxyl groups is 1. The van der Waals surface area contributed by atoms with Gasteiger partial charge in [0.2, 0.25) is 0 Å². The van der Waals surface area contributed by atoms with Crippen LogP contribution in [0, 0.1) is 6.92 Å². The van der Waals surface area contributed by atoms with Crippen LogP contribution in [0.5, 0.6) is 5.75 Å². The van der Waals surface area contributed by atoms with Gasteiger partial charge in [0, 0.05) is 6.54 Å². The summed E-state index contributed by atoms with van der Waals surface area (Å²) in [6.45, 7) is 5.36. The molecular weight excluding hydrogens is 214 g/mol. The molecule has 0 aliphatic carbocycles. The second-order valence-electron chi connectivity index (χ2n) is 4.79. The van der Waals surface area contributed by atoms with Gasteiger partial charge < -0.3 is 14.7 Å². The van der Waals surface area contributed by atoms with Gasteiger partial charge in [-0.05, 0) is 50.6 Å². The summed E-state index contributed by atoms with van der Waals surface area (Å²) < 4.78 is 5.58. The molecule has 1 heterocycles. The Bertz CT molecular complexity index is 348. The Balaban J connectivity index is 1.73.